The molecule has 1 aliphatic heterocycles. The fourth-order valence-electron chi connectivity index (χ4n) is 3.68. The second-order valence-electron chi connectivity index (χ2n) is 7.82. The minimum atomic E-state index is -3.15. The minimum absolute atomic E-state index is 0. The maximum Gasteiger partial charge on any atom is 0.191 e. The number of anilines is 1. The summed E-state index contributed by atoms with van der Waals surface area (Å²) in [6.07, 6.45) is 4.54. The number of nitrogens with zero attached hydrogens (tertiary/aromatic N) is 2. The normalized spacial score (nSPS) is 15.3. The van der Waals surface area contributed by atoms with Gasteiger partial charge in [0.05, 0.1) is 10.9 Å². The number of hydrogen-bond donors (Lipinski definition) is 2. The number of rotatable bonds is 7. The standard InChI is InChI=1S/C23H32N4O2S.HI/c1-18(20-7-6-8-21(17-20)27-15-4-5-16-27)26-23(24-2)25-14-13-19-9-11-22(12-10-19)30(3,28)29;/h6-12,17-18H,4-5,13-16H2,1-3H3,(H2,24,25,26);1H. The molecule has 1 fully saturated rings. The molecule has 1 aliphatic rings. The van der Waals surface area contributed by atoms with E-state index in [4.69, 9.17) is 0 Å². The first-order chi connectivity index (χ1) is 14.4. The third kappa shape index (κ3) is 7.38. The molecule has 2 aromatic carbocycles. The van der Waals surface area contributed by atoms with Crippen molar-refractivity contribution in [3.63, 3.8) is 0 Å². The minimum Gasteiger partial charge on any atom is -0.372 e. The highest BCUT2D eigenvalue weighted by Gasteiger charge is 2.14. The largest absolute Gasteiger partial charge is 0.372 e. The fraction of sp³-hybridized carbons (Fsp3) is 0.435. The smallest absolute Gasteiger partial charge is 0.191 e. The molecule has 170 valence electrons. The highest BCUT2D eigenvalue weighted by Crippen LogP contribution is 2.23. The summed E-state index contributed by atoms with van der Waals surface area (Å²) in [4.78, 5) is 7.13. The Labute approximate surface area is 203 Å². The lowest BCUT2D eigenvalue weighted by molar-refractivity contribution is 0.602. The number of sulfone groups is 1. The summed E-state index contributed by atoms with van der Waals surface area (Å²) in [6.45, 7) is 5.12. The molecular weight excluding hydrogens is 523 g/mol. The Morgan fingerprint density at radius 1 is 1.13 bits per heavy atom. The lowest BCUT2D eigenvalue weighted by Gasteiger charge is -2.22. The second-order valence-corrected chi connectivity index (χ2v) is 9.84. The first-order valence-electron chi connectivity index (χ1n) is 10.5. The van der Waals surface area contributed by atoms with Gasteiger partial charge >= 0.3 is 0 Å². The summed E-state index contributed by atoms with van der Waals surface area (Å²) < 4.78 is 23.1. The topological polar surface area (TPSA) is 73.8 Å². The zero-order valence-electron chi connectivity index (χ0n) is 18.5. The van der Waals surface area contributed by atoms with Crippen LogP contribution in [0.15, 0.2) is 58.4 Å². The van der Waals surface area contributed by atoms with Crippen molar-refractivity contribution in [1.82, 2.24) is 10.6 Å². The van der Waals surface area contributed by atoms with Crippen LogP contribution in [0.25, 0.3) is 0 Å². The third-order valence-electron chi connectivity index (χ3n) is 5.48. The summed E-state index contributed by atoms with van der Waals surface area (Å²) in [7, 11) is -1.39. The predicted molar refractivity (Wildman–Crippen MR) is 139 cm³/mol. The van der Waals surface area contributed by atoms with Crippen molar-refractivity contribution in [3.8, 4) is 0 Å². The molecule has 0 aliphatic carbocycles. The summed E-state index contributed by atoms with van der Waals surface area (Å²) in [6, 6.07) is 15.9. The van der Waals surface area contributed by atoms with Crippen LogP contribution >= 0.6 is 24.0 Å². The van der Waals surface area contributed by atoms with Gasteiger partial charge in [0.2, 0.25) is 0 Å². The zero-order chi connectivity index (χ0) is 21.6. The summed E-state index contributed by atoms with van der Waals surface area (Å²) in [5.74, 6) is 0.752. The molecule has 1 saturated heterocycles. The number of halogens is 1. The van der Waals surface area contributed by atoms with E-state index in [0.29, 0.717) is 11.4 Å². The van der Waals surface area contributed by atoms with Gasteiger partial charge in [-0.25, -0.2) is 8.42 Å². The molecule has 0 saturated carbocycles. The first-order valence-corrected chi connectivity index (χ1v) is 12.4. The van der Waals surface area contributed by atoms with Crippen LogP contribution in [0.3, 0.4) is 0 Å². The Morgan fingerprint density at radius 2 is 1.81 bits per heavy atom. The van der Waals surface area contributed by atoms with E-state index in [2.05, 4.69) is 51.7 Å². The Hall–Kier alpha value is -1.81. The Morgan fingerprint density at radius 3 is 2.42 bits per heavy atom. The van der Waals surface area contributed by atoms with Crippen LogP contribution in [0, 0.1) is 0 Å². The first kappa shape index (κ1) is 25.5. The summed E-state index contributed by atoms with van der Waals surface area (Å²) in [5, 5.41) is 6.80. The van der Waals surface area contributed by atoms with Gasteiger partial charge in [0, 0.05) is 38.6 Å². The molecule has 2 N–H and O–H groups in total. The lowest BCUT2D eigenvalue weighted by Crippen LogP contribution is -2.39. The van der Waals surface area contributed by atoms with Crippen molar-refractivity contribution in [2.75, 3.05) is 37.8 Å². The highest BCUT2D eigenvalue weighted by molar-refractivity contribution is 14.0. The van der Waals surface area contributed by atoms with Gasteiger partial charge in [-0.2, -0.15) is 0 Å². The van der Waals surface area contributed by atoms with Crippen LogP contribution in [-0.4, -0.2) is 47.3 Å². The predicted octanol–water partition coefficient (Wildman–Crippen LogP) is 3.78. The zero-order valence-corrected chi connectivity index (χ0v) is 21.6. The van der Waals surface area contributed by atoms with Gasteiger partial charge in [-0.1, -0.05) is 24.3 Å². The van der Waals surface area contributed by atoms with Gasteiger partial charge in [0.25, 0.3) is 0 Å². The van der Waals surface area contributed by atoms with E-state index in [-0.39, 0.29) is 30.0 Å². The van der Waals surface area contributed by atoms with Gasteiger partial charge in [-0.05, 0) is 61.6 Å². The molecule has 0 aromatic heterocycles. The molecule has 31 heavy (non-hydrogen) atoms. The highest BCUT2D eigenvalue weighted by atomic mass is 127. The fourth-order valence-corrected chi connectivity index (χ4v) is 4.31. The summed E-state index contributed by atoms with van der Waals surface area (Å²) >= 11 is 0. The number of aliphatic imine (C=N–C) groups is 1. The quantitative estimate of drug-likeness (QED) is 0.309. The van der Waals surface area contributed by atoms with E-state index in [1.54, 1.807) is 19.2 Å². The van der Waals surface area contributed by atoms with E-state index in [0.717, 1.165) is 31.0 Å². The van der Waals surface area contributed by atoms with Crippen molar-refractivity contribution in [1.29, 1.82) is 0 Å². The molecule has 1 atom stereocenters. The van der Waals surface area contributed by atoms with E-state index < -0.39 is 9.84 Å². The molecule has 1 unspecified atom stereocenters. The van der Waals surface area contributed by atoms with Crippen molar-refractivity contribution < 1.29 is 8.42 Å². The summed E-state index contributed by atoms with van der Waals surface area (Å²) in [5.41, 5.74) is 3.61. The van der Waals surface area contributed by atoms with Gasteiger partial charge in [-0.3, -0.25) is 4.99 Å². The Bertz CT molecular complexity index is 971. The lowest BCUT2D eigenvalue weighted by atomic mass is 10.1. The molecule has 0 spiro atoms. The molecule has 0 amide bonds. The van der Waals surface area contributed by atoms with Gasteiger partial charge in [0.1, 0.15) is 0 Å². The monoisotopic (exact) mass is 556 g/mol. The maximum atomic E-state index is 11.6. The molecule has 3 rings (SSSR count). The molecule has 1 heterocycles. The van der Waals surface area contributed by atoms with Crippen LogP contribution in [0.2, 0.25) is 0 Å². The third-order valence-corrected chi connectivity index (χ3v) is 6.60. The van der Waals surface area contributed by atoms with Crippen LogP contribution in [-0.2, 0) is 16.3 Å². The molecule has 8 heteroatoms. The van der Waals surface area contributed by atoms with Crippen LogP contribution in [0.4, 0.5) is 5.69 Å². The van der Waals surface area contributed by atoms with Crippen molar-refractivity contribution in [3.05, 3.63) is 59.7 Å². The molecule has 2 aromatic rings. The Kier molecular flexibility index (Phi) is 9.61. The van der Waals surface area contributed by atoms with Crippen molar-refractivity contribution in [2.45, 2.75) is 37.1 Å². The van der Waals surface area contributed by atoms with E-state index in [9.17, 15) is 8.42 Å². The van der Waals surface area contributed by atoms with Gasteiger partial charge in [-0.15, -0.1) is 24.0 Å². The van der Waals surface area contributed by atoms with E-state index in [1.807, 2.05) is 12.1 Å². The second kappa shape index (κ2) is 11.7. The maximum absolute atomic E-state index is 11.6. The SMILES string of the molecule is CN=C(NCCc1ccc(S(C)(=O)=O)cc1)NC(C)c1cccc(N2CCCC2)c1.I. The van der Waals surface area contributed by atoms with Crippen molar-refractivity contribution >= 4 is 45.5 Å². The van der Waals surface area contributed by atoms with Gasteiger partial charge in [0.15, 0.2) is 15.8 Å². The van der Waals surface area contributed by atoms with E-state index in [1.165, 1.54) is 30.3 Å². The van der Waals surface area contributed by atoms with Gasteiger partial charge < -0.3 is 15.5 Å². The van der Waals surface area contributed by atoms with Crippen LogP contribution in [0.5, 0.6) is 0 Å². The molecular formula is C23H33IN4O2S. The average molecular weight is 557 g/mol. The van der Waals surface area contributed by atoms with Crippen molar-refractivity contribution in [2.24, 2.45) is 4.99 Å². The van der Waals surface area contributed by atoms with E-state index >= 15 is 0 Å². The number of nitrogens with one attached hydrogen (secondary N) is 2. The average Bonchev–Trinajstić information content (AvgIpc) is 3.28. The van der Waals surface area contributed by atoms with Crippen LogP contribution in [0.1, 0.15) is 36.9 Å². The number of guanidine groups is 1. The van der Waals surface area contributed by atoms with Crippen LogP contribution < -0.4 is 15.5 Å². The molecule has 0 bridgehead atoms. The molecule has 0 radical (unpaired) electrons. The number of hydrogen-bond acceptors (Lipinski definition) is 4. The molecule has 6 nitrogen and oxygen atoms in total. The number of benzene rings is 2. The Balaban J connectivity index is 0.00000341.